The van der Waals surface area contributed by atoms with E-state index in [0.717, 1.165) is 32.4 Å². The topological polar surface area (TPSA) is 95.5 Å². The van der Waals surface area contributed by atoms with E-state index >= 15 is 0 Å². The number of carbonyl (C=O) groups is 1. The fourth-order valence-electron chi connectivity index (χ4n) is 1.80. The van der Waals surface area contributed by atoms with Crippen molar-refractivity contribution in [2.75, 3.05) is 25.4 Å². The molecule has 1 saturated heterocycles. The molecule has 1 fully saturated rings. The van der Waals surface area contributed by atoms with E-state index in [1.807, 2.05) is 0 Å². The van der Waals surface area contributed by atoms with Gasteiger partial charge in [0.25, 0.3) is 0 Å². The predicted molar refractivity (Wildman–Crippen MR) is 59.6 cm³/mol. The Kier molecular flexibility index (Phi) is 5.17. The molecule has 1 rings (SSSR count). The zero-order valence-electron chi connectivity index (χ0n) is 9.11. The number of hydrogen-bond donors (Lipinski definition) is 3. The van der Waals surface area contributed by atoms with Crippen LogP contribution in [0.3, 0.4) is 0 Å². The quantitative estimate of drug-likeness (QED) is 0.584. The fraction of sp³-hybridized carbons (Fsp3) is 0.889. The Balaban J connectivity index is 2.21. The van der Waals surface area contributed by atoms with Crippen LogP contribution in [0.25, 0.3) is 0 Å². The fourth-order valence-corrected chi connectivity index (χ4v) is 2.66. The first-order chi connectivity index (χ1) is 7.49. The summed E-state index contributed by atoms with van der Waals surface area (Å²) in [5.41, 5.74) is 0. The van der Waals surface area contributed by atoms with Gasteiger partial charge in [-0.05, 0) is 38.3 Å². The molecule has 0 amide bonds. The zero-order valence-corrected chi connectivity index (χ0v) is 9.92. The predicted octanol–water partition coefficient (Wildman–Crippen LogP) is -0.620. The molecule has 0 saturated carbocycles. The lowest BCUT2D eigenvalue weighted by Gasteiger charge is -2.22. The van der Waals surface area contributed by atoms with Crippen LogP contribution in [0.1, 0.15) is 19.3 Å². The Morgan fingerprint density at radius 1 is 1.50 bits per heavy atom. The number of piperidine rings is 1. The summed E-state index contributed by atoms with van der Waals surface area (Å²) in [6.45, 7) is 2.27. The van der Waals surface area contributed by atoms with Gasteiger partial charge >= 0.3 is 5.97 Å². The number of rotatable bonds is 6. The summed E-state index contributed by atoms with van der Waals surface area (Å²) in [5, 5.41) is 11.6. The normalized spacial score (nSPS) is 21.9. The number of carboxylic acid groups (broad SMARTS) is 1. The van der Waals surface area contributed by atoms with E-state index in [0.29, 0.717) is 12.5 Å². The molecule has 0 bridgehead atoms. The first-order valence-corrected chi connectivity index (χ1v) is 7.05. The van der Waals surface area contributed by atoms with Crippen LogP contribution >= 0.6 is 0 Å². The summed E-state index contributed by atoms with van der Waals surface area (Å²) in [6.07, 6.45) is 2.98. The minimum Gasteiger partial charge on any atom is -0.480 e. The first kappa shape index (κ1) is 13.4. The van der Waals surface area contributed by atoms with Gasteiger partial charge in [-0.1, -0.05) is 0 Å². The van der Waals surface area contributed by atoms with Crippen molar-refractivity contribution in [3.8, 4) is 0 Å². The second-order valence-electron chi connectivity index (χ2n) is 4.05. The Labute approximate surface area is 95.5 Å². The number of nitrogens with one attached hydrogen (secondary N) is 2. The van der Waals surface area contributed by atoms with Gasteiger partial charge in [-0.25, -0.2) is 13.1 Å². The van der Waals surface area contributed by atoms with Crippen LogP contribution < -0.4 is 10.0 Å². The monoisotopic (exact) mass is 250 g/mol. The van der Waals surface area contributed by atoms with E-state index in [1.165, 1.54) is 0 Å². The summed E-state index contributed by atoms with van der Waals surface area (Å²) in [7, 11) is -3.65. The first-order valence-electron chi connectivity index (χ1n) is 5.39. The Morgan fingerprint density at radius 2 is 2.25 bits per heavy atom. The average Bonchev–Trinajstić information content (AvgIpc) is 2.16. The Hall–Kier alpha value is -0.660. The minimum absolute atomic E-state index is 0.321. The number of carboxylic acids is 1. The van der Waals surface area contributed by atoms with Gasteiger partial charge in [0.15, 0.2) is 5.75 Å². The molecule has 1 unspecified atom stereocenters. The number of sulfonamides is 1. The van der Waals surface area contributed by atoms with Crippen LogP contribution in [0, 0.1) is 5.92 Å². The second kappa shape index (κ2) is 6.17. The molecule has 3 N–H and O–H groups in total. The summed E-state index contributed by atoms with van der Waals surface area (Å²) < 4.78 is 24.7. The summed E-state index contributed by atoms with van der Waals surface area (Å²) >= 11 is 0. The molecule has 1 heterocycles. The number of hydrogen-bond acceptors (Lipinski definition) is 4. The zero-order chi connectivity index (χ0) is 12.0. The molecule has 0 aromatic carbocycles. The molecule has 1 atom stereocenters. The molecular weight excluding hydrogens is 232 g/mol. The van der Waals surface area contributed by atoms with Crippen LogP contribution in [0.5, 0.6) is 0 Å². The standard InChI is InChI=1S/C9H18N2O4S/c12-9(13)7-16(14,15)11-5-3-8-2-1-4-10-6-8/h8,10-11H,1-7H2,(H,12,13). The van der Waals surface area contributed by atoms with Crippen LogP contribution in [0.4, 0.5) is 0 Å². The van der Waals surface area contributed by atoms with Crippen molar-refractivity contribution >= 4 is 16.0 Å². The van der Waals surface area contributed by atoms with Crippen molar-refractivity contribution in [3.63, 3.8) is 0 Å². The molecule has 1 aliphatic rings. The largest absolute Gasteiger partial charge is 0.480 e. The number of aliphatic carboxylic acids is 1. The smallest absolute Gasteiger partial charge is 0.320 e. The van der Waals surface area contributed by atoms with Crippen LogP contribution in [0.2, 0.25) is 0 Å². The molecule has 0 aromatic rings. The lowest BCUT2D eigenvalue weighted by Crippen LogP contribution is -2.35. The maximum atomic E-state index is 11.2. The summed E-state index contributed by atoms with van der Waals surface area (Å²) in [4.78, 5) is 10.3. The Morgan fingerprint density at radius 3 is 2.81 bits per heavy atom. The highest BCUT2D eigenvalue weighted by Gasteiger charge is 2.17. The highest BCUT2D eigenvalue weighted by atomic mass is 32.2. The second-order valence-corrected chi connectivity index (χ2v) is 5.86. The molecule has 6 nitrogen and oxygen atoms in total. The van der Waals surface area contributed by atoms with E-state index in [4.69, 9.17) is 5.11 Å². The van der Waals surface area contributed by atoms with Gasteiger partial charge in [-0.15, -0.1) is 0 Å². The maximum absolute atomic E-state index is 11.2. The average molecular weight is 250 g/mol. The van der Waals surface area contributed by atoms with E-state index in [9.17, 15) is 13.2 Å². The highest BCUT2D eigenvalue weighted by molar-refractivity contribution is 7.90. The third kappa shape index (κ3) is 5.43. The lowest BCUT2D eigenvalue weighted by molar-refractivity contribution is -0.134. The van der Waals surface area contributed by atoms with Crippen molar-refractivity contribution in [1.29, 1.82) is 0 Å². The van der Waals surface area contributed by atoms with Gasteiger partial charge in [0.1, 0.15) is 0 Å². The molecule has 16 heavy (non-hydrogen) atoms. The molecule has 1 aliphatic heterocycles. The van der Waals surface area contributed by atoms with E-state index in [-0.39, 0.29) is 0 Å². The molecule has 0 spiro atoms. The molecule has 7 heteroatoms. The summed E-state index contributed by atoms with van der Waals surface area (Å²) in [6, 6.07) is 0. The highest BCUT2D eigenvalue weighted by Crippen LogP contribution is 2.12. The van der Waals surface area contributed by atoms with Gasteiger partial charge in [-0.2, -0.15) is 0 Å². The van der Waals surface area contributed by atoms with Crippen molar-refractivity contribution in [3.05, 3.63) is 0 Å². The van der Waals surface area contributed by atoms with Gasteiger partial charge in [-0.3, -0.25) is 4.79 Å². The van der Waals surface area contributed by atoms with Crippen LogP contribution in [-0.2, 0) is 14.8 Å². The third-order valence-corrected chi connectivity index (χ3v) is 3.86. The summed E-state index contributed by atoms with van der Waals surface area (Å²) in [5.74, 6) is -1.69. The van der Waals surface area contributed by atoms with Gasteiger partial charge in [0.2, 0.25) is 10.0 Å². The minimum atomic E-state index is -3.65. The van der Waals surface area contributed by atoms with Gasteiger partial charge < -0.3 is 10.4 Å². The Bertz CT molecular complexity index is 322. The third-order valence-electron chi connectivity index (χ3n) is 2.59. The van der Waals surface area contributed by atoms with Crippen LogP contribution in [0.15, 0.2) is 0 Å². The van der Waals surface area contributed by atoms with E-state index in [1.54, 1.807) is 0 Å². The van der Waals surface area contributed by atoms with Gasteiger partial charge in [0, 0.05) is 6.54 Å². The lowest BCUT2D eigenvalue weighted by atomic mass is 9.96. The molecule has 0 aliphatic carbocycles. The molecular formula is C9H18N2O4S. The van der Waals surface area contributed by atoms with Crippen molar-refractivity contribution in [1.82, 2.24) is 10.0 Å². The SMILES string of the molecule is O=C(O)CS(=O)(=O)NCCC1CCCNC1. The molecule has 0 radical (unpaired) electrons. The van der Waals surface area contributed by atoms with Crippen molar-refractivity contribution < 1.29 is 18.3 Å². The van der Waals surface area contributed by atoms with Gasteiger partial charge in [0.05, 0.1) is 0 Å². The van der Waals surface area contributed by atoms with Crippen LogP contribution in [-0.4, -0.2) is 44.9 Å². The maximum Gasteiger partial charge on any atom is 0.320 e. The van der Waals surface area contributed by atoms with Crippen molar-refractivity contribution in [2.45, 2.75) is 19.3 Å². The van der Waals surface area contributed by atoms with E-state index < -0.39 is 21.7 Å². The molecule has 0 aromatic heterocycles. The van der Waals surface area contributed by atoms with E-state index in [2.05, 4.69) is 10.0 Å². The molecule has 94 valence electrons. The van der Waals surface area contributed by atoms with Crippen molar-refractivity contribution in [2.24, 2.45) is 5.92 Å².